The zero-order chi connectivity index (χ0) is 9.80. The smallest absolute Gasteiger partial charge is 0.0230 e. The molecule has 0 radical (unpaired) electrons. The largest absolute Gasteiger partial charge is 0.0808 e. The first-order valence-electron chi connectivity index (χ1n) is 5.59. The molecule has 0 saturated heterocycles. The van der Waals surface area contributed by atoms with Crippen molar-refractivity contribution < 1.29 is 0 Å². The summed E-state index contributed by atoms with van der Waals surface area (Å²) in [5, 5.41) is 0. The Labute approximate surface area is 86.7 Å². The van der Waals surface area contributed by atoms with Crippen LogP contribution in [0.5, 0.6) is 0 Å². The first kappa shape index (κ1) is 9.51. The van der Waals surface area contributed by atoms with E-state index >= 15 is 0 Å². The van der Waals surface area contributed by atoms with Gasteiger partial charge in [-0.25, -0.2) is 0 Å². The Balaban J connectivity index is 1.99. The Morgan fingerprint density at radius 2 is 1.71 bits per heavy atom. The van der Waals surface area contributed by atoms with Gasteiger partial charge in [0.25, 0.3) is 0 Å². The zero-order valence-electron chi connectivity index (χ0n) is 8.87. The van der Waals surface area contributed by atoms with Crippen LogP contribution in [0.1, 0.15) is 36.8 Å². The average Bonchev–Trinajstić information content (AvgIpc) is 2.70. The van der Waals surface area contributed by atoms with E-state index in [1.165, 1.54) is 36.8 Å². The fourth-order valence-electron chi connectivity index (χ4n) is 2.07. The van der Waals surface area contributed by atoms with Crippen molar-refractivity contribution in [2.24, 2.45) is 5.92 Å². The first-order valence-corrected chi connectivity index (χ1v) is 5.59. The zero-order valence-corrected chi connectivity index (χ0v) is 8.87. The quantitative estimate of drug-likeness (QED) is 0.649. The molecule has 0 atom stereocenters. The van der Waals surface area contributed by atoms with E-state index in [2.05, 4.69) is 43.3 Å². The lowest BCUT2D eigenvalue weighted by molar-refractivity contribution is 0.689. The molecule has 1 saturated carbocycles. The number of hydrogen-bond donors (Lipinski definition) is 0. The minimum Gasteiger partial charge on any atom is -0.0808 e. The van der Waals surface area contributed by atoms with E-state index < -0.39 is 0 Å². The Morgan fingerprint density at radius 3 is 2.36 bits per heavy atom. The van der Waals surface area contributed by atoms with Crippen molar-refractivity contribution in [1.82, 2.24) is 0 Å². The number of benzene rings is 1. The predicted octanol–water partition coefficient (Wildman–Crippen LogP) is 4.20. The Hall–Kier alpha value is -1.04. The van der Waals surface area contributed by atoms with E-state index in [9.17, 15) is 0 Å². The molecule has 0 spiro atoms. The van der Waals surface area contributed by atoms with Crippen LogP contribution in [-0.2, 0) is 0 Å². The van der Waals surface area contributed by atoms with Crippen LogP contribution in [0.3, 0.4) is 0 Å². The van der Waals surface area contributed by atoms with Gasteiger partial charge in [0.05, 0.1) is 0 Å². The molecule has 2 rings (SSSR count). The van der Waals surface area contributed by atoms with E-state index in [1.807, 2.05) is 0 Å². The van der Waals surface area contributed by atoms with Gasteiger partial charge in [0.2, 0.25) is 0 Å². The molecule has 74 valence electrons. The van der Waals surface area contributed by atoms with E-state index in [1.54, 1.807) is 0 Å². The normalized spacial score (nSPS) is 18.1. The molecule has 0 heteroatoms. The highest BCUT2D eigenvalue weighted by atomic mass is 14.2. The fraction of sp³-hybridized carbons (Fsp3) is 0.429. The van der Waals surface area contributed by atoms with Crippen molar-refractivity contribution in [2.75, 3.05) is 0 Å². The topological polar surface area (TPSA) is 0 Å². The van der Waals surface area contributed by atoms with Crippen molar-refractivity contribution in [3.8, 4) is 0 Å². The van der Waals surface area contributed by atoms with E-state index in [4.69, 9.17) is 0 Å². The van der Waals surface area contributed by atoms with Gasteiger partial charge in [-0.05, 0) is 31.2 Å². The molecule has 0 amide bonds. The SMILES string of the molecule is Cc1ccc(C=CC2CCCC2)cc1. The van der Waals surface area contributed by atoms with E-state index in [-0.39, 0.29) is 0 Å². The van der Waals surface area contributed by atoms with Crippen LogP contribution < -0.4 is 0 Å². The molecular weight excluding hydrogens is 168 g/mol. The van der Waals surface area contributed by atoms with Gasteiger partial charge in [-0.3, -0.25) is 0 Å². The summed E-state index contributed by atoms with van der Waals surface area (Å²) in [6, 6.07) is 8.74. The third-order valence-electron chi connectivity index (χ3n) is 3.04. The molecule has 0 bridgehead atoms. The molecule has 0 aliphatic heterocycles. The van der Waals surface area contributed by atoms with Gasteiger partial charge in [0, 0.05) is 0 Å². The maximum atomic E-state index is 2.39. The summed E-state index contributed by atoms with van der Waals surface area (Å²) in [4.78, 5) is 0. The minimum absolute atomic E-state index is 0.844. The van der Waals surface area contributed by atoms with Gasteiger partial charge in [0.1, 0.15) is 0 Å². The molecule has 0 aromatic heterocycles. The van der Waals surface area contributed by atoms with Crippen molar-refractivity contribution in [3.05, 3.63) is 41.5 Å². The predicted molar refractivity (Wildman–Crippen MR) is 62.2 cm³/mol. The number of hydrogen-bond acceptors (Lipinski definition) is 0. The van der Waals surface area contributed by atoms with E-state index in [0.29, 0.717) is 0 Å². The lowest BCUT2D eigenvalue weighted by atomic mass is 10.1. The van der Waals surface area contributed by atoms with Crippen LogP contribution in [0.4, 0.5) is 0 Å². The van der Waals surface area contributed by atoms with Crippen molar-refractivity contribution in [2.45, 2.75) is 32.6 Å². The monoisotopic (exact) mass is 186 g/mol. The highest BCUT2D eigenvalue weighted by molar-refractivity contribution is 5.49. The fourth-order valence-corrected chi connectivity index (χ4v) is 2.07. The van der Waals surface area contributed by atoms with E-state index in [0.717, 1.165) is 5.92 Å². The number of allylic oxidation sites excluding steroid dienone is 1. The second-order valence-corrected chi connectivity index (χ2v) is 4.31. The molecule has 0 nitrogen and oxygen atoms in total. The third-order valence-corrected chi connectivity index (χ3v) is 3.04. The highest BCUT2D eigenvalue weighted by Gasteiger charge is 2.10. The highest BCUT2D eigenvalue weighted by Crippen LogP contribution is 2.26. The summed E-state index contributed by atoms with van der Waals surface area (Å²) in [6.45, 7) is 2.13. The van der Waals surface area contributed by atoms with Gasteiger partial charge >= 0.3 is 0 Å². The third kappa shape index (κ3) is 2.47. The molecule has 1 aliphatic rings. The van der Waals surface area contributed by atoms with Gasteiger partial charge in [-0.15, -0.1) is 0 Å². The maximum absolute atomic E-state index is 2.39. The van der Waals surface area contributed by atoms with Gasteiger partial charge < -0.3 is 0 Å². The molecular formula is C14H18. The van der Waals surface area contributed by atoms with Gasteiger partial charge in [-0.2, -0.15) is 0 Å². The Morgan fingerprint density at radius 1 is 1.07 bits per heavy atom. The van der Waals surface area contributed by atoms with Gasteiger partial charge in [0.15, 0.2) is 0 Å². The van der Waals surface area contributed by atoms with Crippen molar-refractivity contribution in [1.29, 1.82) is 0 Å². The molecule has 0 unspecified atom stereocenters. The summed E-state index contributed by atoms with van der Waals surface area (Å²) >= 11 is 0. The molecule has 1 aromatic rings. The van der Waals surface area contributed by atoms with Crippen molar-refractivity contribution in [3.63, 3.8) is 0 Å². The maximum Gasteiger partial charge on any atom is -0.0230 e. The molecule has 1 fully saturated rings. The molecule has 0 N–H and O–H groups in total. The lowest BCUT2D eigenvalue weighted by Gasteiger charge is -2.00. The summed E-state index contributed by atoms with van der Waals surface area (Å²) in [5.74, 6) is 0.844. The summed E-state index contributed by atoms with van der Waals surface area (Å²) in [6.07, 6.45) is 10.3. The molecule has 1 aliphatic carbocycles. The summed E-state index contributed by atoms with van der Waals surface area (Å²) < 4.78 is 0. The second kappa shape index (κ2) is 4.45. The van der Waals surface area contributed by atoms with Crippen LogP contribution in [0, 0.1) is 12.8 Å². The number of rotatable bonds is 2. The van der Waals surface area contributed by atoms with Crippen molar-refractivity contribution >= 4 is 6.08 Å². The molecule has 0 heterocycles. The minimum atomic E-state index is 0.844. The molecule has 1 aromatic carbocycles. The average molecular weight is 186 g/mol. The van der Waals surface area contributed by atoms with Gasteiger partial charge in [-0.1, -0.05) is 54.8 Å². The standard InChI is InChI=1S/C14H18/c1-12-6-8-14(9-7-12)11-10-13-4-2-3-5-13/h6-11,13H,2-5H2,1H3. The Bertz CT molecular complexity index is 299. The van der Waals surface area contributed by atoms with Crippen LogP contribution in [0.15, 0.2) is 30.3 Å². The van der Waals surface area contributed by atoms with Crippen LogP contribution >= 0.6 is 0 Å². The van der Waals surface area contributed by atoms with Crippen LogP contribution in [0.25, 0.3) is 6.08 Å². The first-order chi connectivity index (χ1) is 6.84. The lowest BCUT2D eigenvalue weighted by Crippen LogP contribution is -1.85. The second-order valence-electron chi connectivity index (χ2n) is 4.31. The Kier molecular flexibility index (Phi) is 3.03. The summed E-state index contributed by atoms with van der Waals surface area (Å²) in [5.41, 5.74) is 2.67. The number of aryl methyl sites for hydroxylation is 1. The molecule has 14 heavy (non-hydrogen) atoms. The summed E-state index contributed by atoms with van der Waals surface area (Å²) in [7, 11) is 0. The van der Waals surface area contributed by atoms with Crippen LogP contribution in [0.2, 0.25) is 0 Å². The van der Waals surface area contributed by atoms with Crippen LogP contribution in [-0.4, -0.2) is 0 Å².